The van der Waals surface area contributed by atoms with Crippen molar-refractivity contribution in [3.63, 3.8) is 0 Å². The van der Waals surface area contributed by atoms with Gasteiger partial charge in [0.25, 0.3) is 0 Å². The van der Waals surface area contributed by atoms with Gasteiger partial charge >= 0.3 is 6.18 Å². The van der Waals surface area contributed by atoms with Crippen LogP contribution in [0.1, 0.15) is 46.5 Å². The summed E-state index contributed by atoms with van der Waals surface area (Å²) in [5.41, 5.74) is 2.80. The lowest BCUT2D eigenvalue weighted by atomic mass is 9.87. The standard InChI is InChI=1S/C26H27F5N2/c1-15-12-22(27)16(2)11-21(15)25(18-7-8-18)32-20-9-10-24(23(28)13-20)33-14-19(26(29,30)31)6-4-5-17(33)3/h5,9-14,16,18,22H,4,6-8H2,1-3H3. The third-order valence-electron chi connectivity index (χ3n) is 6.33. The molecule has 0 radical (unpaired) electrons. The van der Waals surface area contributed by atoms with Gasteiger partial charge in [0, 0.05) is 35.4 Å². The van der Waals surface area contributed by atoms with E-state index in [1.165, 1.54) is 17.0 Å². The van der Waals surface area contributed by atoms with Gasteiger partial charge in [-0.05, 0) is 68.9 Å². The van der Waals surface area contributed by atoms with E-state index in [9.17, 15) is 17.6 Å². The Morgan fingerprint density at radius 1 is 1.12 bits per heavy atom. The van der Waals surface area contributed by atoms with Crippen molar-refractivity contribution >= 4 is 17.1 Å². The number of alkyl halides is 4. The molecule has 3 aliphatic rings. The van der Waals surface area contributed by atoms with Crippen LogP contribution >= 0.6 is 0 Å². The summed E-state index contributed by atoms with van der Waals surface area (Å²) < 4.78 is 69.2. The van der Waals surface area contributed by atoms with Crippen molar-refractivity contribution in [1.82, 2.24) is 0 Å². The van der Waals surface area contributed by atoms with Crippen LogP contribution in [0, 0.1) is 17.7 Å². The van der Waals surface area contributed by atoms with Crippen LogP contribution in [0.3, 0.4) is 0 Å². The Hall–Kier alpha value is -2.70. The Kier molecular flexibility index (Phi) is 6.34. The van der Waals surface area contributed by atoms with Gasteiger partial charge in [-0.2, -0.15) is 13.2 Å². The number of rotatable bonds is 4. The first kappa shape index (κ1) is 23.5. The third kappa shape index (κ3) is 5.12. The lowest BCUT2D eigenvalue weighted by molar-refractivity contribution is -0.0940. The second kappa shape index (κ2) is 8.92. The molecule has 1 aromatic rings. The van der Waals surface area contributed by atoms with Crippen molar-refractivity contribution in [2.75, 3.05) is 4.90 Å². The highest BCUT2D eigenvalue weighted by atomic mass is 19.4. The number of hydrogen-bond acceptors (Lipinski definition) is 2. The summed E-state index contributed by atoms with van der Waals surface area (Å²) in [6.45, 7) is 5.33. The third-order valence-corrected chi connectivity index (χ3v) is 6.33. The maximum absolute atomic E-state index is 15.1. The van der Waals surface area contributed by atoms with E-state index in [4.69, 9.17) is 4.99 Å². The summed E-state index contributed by atoms with van der Waals surface area (Å²) >= 11 is 0. The van der Waals surface area contributed by atoms with E-state index in [-0.39, 0.29) is 30.4 Å². The topological polar surface area (TPSA) is 15.6 Å². The van der Waals surface area contributed by atoms with E-state index in [0.717, 1.165) is 35.9 Å². The first-order valence-electron chi connectivity index (χ1n) is 11.2. The molecule has 1 fully saturated rings. The van der Waals surface area contributed by atoms with Crippen molar-refractivity contribution in [1.29, 1.82) is 0 Å². The van der Waals surface area contributed by atoms with Crippen LogP contribution in [0.4, 0.5) is 33.3 Å². The SMILES string of the molecule is CC1=CC(F)C(C)C=C1C(=Nc1ccc(N2C=C(C(F)(F)F)CCC=C2C)c(F)c1)C1CC1. The van der Waals surface area contributed by atoms with E-state index >= 15 is 4.39 Å². The predicted octanol–water partition coefficient (Wildman–Crippen LogP) is 8.12. The van der Waals surface area contributed by atoms with Crippen LogP contribution in [-0.2, 0) is 0 Å². The van der Waals surface area contributed by atoms with Gasteiger partial charge in [0.1, 0.15) is 12.0 Å². The second-order valence-corrected chi connectivity index (χ2v) is 9.05. The maximum Gasteiger partial charge on any atom is 0.414 e. The zero-order valence-electron chi connectivity index (χ0n) is 18.9. The van der Waals surface area contributed by atoms with Crippen LogP contribution in [0.15, 0.2) is 70.0 Å². The molecule has 0 bridgehead atoms. The highest BCUT2D eigenvalue weighted by Crippen LogP contribution is 2.40. The highest BCUT2D eigenvalue weighted by Gasteiger charge is 2.35. The molecule has 7 heteroatoms. The van der Waals surface area contributed by atoms with Crippen LogP contribution in [0.25, 0.3) is 0 Å². The van der Waals surface area contributed by atoms with Gasteiger partial charge < -0.3 is 4.90 Å². The molecule has 2 atom stereocenters. The molecule has 0 spiro atoms. The van der Waals surface area contributed by atoms with E-state index < -0.39 is 23.7 Å². The molecule has 4 rings (SSSR count). The Labute approximate surface area is 190 Å². The monoisotopic (exact) mass is 462 g/mol. The molecule has 2 nitrogen and oxygen atoms in total. The normalized spacial score (nSPS) is 24.6. The quantitative estimate of drug-likeness (QED) is 0.326. The smallest absolute Gasteiger partial charge is 0.319 e. The number of benzene rings is 1. The molecule has 176 valence electrons. The van der Waals surface area contributed by atoms with Gasteiger partial charge in [-0.15, -0.1) is 0 Å². The summed E-state index contributed by atoms with van der Waals surface area (Å²) in [4.78, 5) is 5.96. The van der Waals surface area contributed by atoms with Crippen molar-refractivity contribution in [2.24, 2.45) is 16.8 Å². The fourth-order valence-electron chi connectivity index (χ4n) is 4.21. The van der Waals surface area contributed by atoms with Crippen molar-refractivity contribution < 1.29 is 22.0 Å². The molecule has 2 unspecified atom stereocenters. The fraction of sp³-hybridized carbons (Fsp3) is 0.423. The Balaban J connectivity index is 1.69. The zero-order valence-corrected chi connectivity index (χ0v) is 18.9. The number of aliphatic imine (C=N–C) groups is 1. The van der Waals surface area contributed by atoms with Gasteiger partial charge in [0.05, 0.1) is 17.1 Å². The van der Waals surface area contributed by atoms with Crippen LogP contribution < -0.4 is 4.90 Å². The Bertz CT molecular complexity index is 1090. The molecule has 1 aliphatic heterocycles. The predicted molar refractivity (Wildman–Crippen MR) is 122 cm³/mol. The van der Waals surface area contributed by atoms with E-state index in [1.807, 2.05) is 19.9 Å². The van der Waals surface area contributed by atoms with Crippen LogP contribution in [0.2, 0.25) is 0 Å². The molecule has 0 amide bonds. The minimum Gasteiger partial charge on any atom is -0.319 e. The summed E-state index contributed by atoms with van der Waals surface area (Å²) in [5.74, 6) is -0.668. The summed E-state index contributed by atoms with van der Waals surface area (Å²) in [5, 5.41) is 0. The molecule has 1 saturated carbocycles. The van der Waals surface area contributed by atoms with E-state index in [1.54, 1.807) is 25.1 Å². The fourth-order valence-corrected chi connectivity index (χ4v) is 4.21. The van der Waals surface area contributed by atoms with Gasteiger partial charge in [0.15, 0.2) is 0 Å². The first-order chi connectivity index (χ1) is 15.5. The summed E-state index contributed by atoms with van der Waals surface area (Å²) in [7, 11) is 0. The van der Waals surface area contributed by atoms with E-state index in [0.29, 0.717) is 11.4 Å². The highest BCUT2D eigenvalue weighted by molar-refractivity contribution is 6.08. The molecule has 0 N–H and O–H groups in total. The number of anilines is 1. The first-order valence-corrected chi connectivity index (χ1v) is 11.2. The van der Waals surface area contributed by atoms with Gasteiger partial charge in [0.2, 0.25) is 0 Å². The lowest BCUT2D eigenvalue weighted by Gasteiger charge is -2.23. The summed E-state index contributed by atoms with van der Waals surface area (Å²) in [6.07, 6.45) is 2.67. The minimum atomic E-state index is -4.47. The molecular weight excluding hydrogens is 435 g/mol. The average Bonchev–Trinajstić information content (AvgIpc) is 3.57. The van der Waals surface area contributed by atoms with Crippen molar-refractivity contribution in [2.45, 2.75) is 58.8 Å². The molecule has 0 aromatic heterocycles. The lowest BCUT2D eigenvalue weighted by Crippen LogP contribution is -2.19. The largest absolute Gasteiger partial charge is 0.414 e. The van der Waals surface area contributed by atoms with Gasteiger partial charge in [-0.25, -0.2) is 8.78 Å². The Morgan fingerprint density at radius 3 is 2.48 bits per heavy atom. The molecule has 1 aromatic carbocycles. The maximum atomic E-state index is 15.1. The number of halogens is 5. The molecule has 33 heavy (non-hydrogen) atoms. The van der Waals surface area contributed by atoms with Crippen molar-refractivity contribution in [3.8, 4) is 0 Å². The zero-order chi connectivity index (χ0) is 23.9. The van der Waals surface area contributed by atoms with Crippen LogP contribution in [-0.4, -0.2) is 18.1 Å². The number of hydrogen-bond donors (Lipinski definition) is 0. The van der Waals surface area contributed by atoms with Gasteiger partial charge in [-0.1, -0.05) is 19.1 Å². The van der Waals surface area contributed by atoms with E-state index in [2.05, 4.69) is 0 Å². The molecule has 0 saturated heterocycles. The van der Waals surface area contributed by atoms with Gasteiger partial charge in [-0.3, -0.25) is 4.99 Å². The van der Waals surface area contributed by atoms with Crippen LogP contribution in [0.5, 0.6) is 0 Å². The summed E-state index contributed by atoms with van der Waals surface area (Å²) in [6, 6.07) is 4.33. The Morgan fingerprint density at radius 2 is 1.85 bits per heavy atom. The number of nitrogens with zero attached hydrogens (tertiary/aromatic N) is 2. The van der Waals surface area contributed by atoms with Crippen molar-refractivity contribution in [3.05, 3.63) is 70.9 Å². The molecular formula is C26H27F5N2. The second-order valence-electron chi connectivity index (χ2n) is 9.05. The average molecular weight is 463 g/mol. The molecule has 1 heterocycles. The number of allylic oxidation sites excluding steroid dienone is 7. The molecule has 2 aliphatic carbocycles. The minimum absolute atomic E-state index is 0.0428.